The van der Waals surface area contributed by atoms with Crippen LogP contribution in [0.3, 0.4) is 0 Å². The molecule has 0 radical (unpaired) electrons. The van der Waals surface area contributed by atoms with Crippen molar-refractivity contribution in [3.05, 3.63) is 268 Å². The summed E-state index contributed by atoms with van der Waals surface area (Å²) in [5.41, 5.74) is 16.2. The minimum Gasteiger partial charge on any atom is -0.462 e. The van der Waals surface area contributed by atoms with Gasteiger partial charge >= 0.3 is 23.9 Å². The van der Waals surface area contributed by atoms with Crippen molar-refractivity contribution in [3.8, 4) is 47.4 Å². The largest absolute Gasteiger partial charge is 0.462 e. The maximum absolute atomic E-state index is 12.6. The first kappa shape index (κ1) is 114. The summed E-state index contributed by atoms with van der Waals surface area (Å²) >= 11 is 0. The summed E-state index contributed by atoms with van der Waals surface area (Å²) in [5, 5.41) is 23.7. The lowest BCUT2D eigenvalue weighted by molar-refractivity contribution is -0.148. The van der Waals surface area contributed by atoms with Crippen LogP contribution in [0.1, 0.15) is 179 Å². The number of anilines is 4. The lowest BCUT2D eigenvalue weighted by Crippen LogP contribution is -2.48. The fourth-order valence-electron chi connectivity index (χ4n) is 14.8. The van der Waals surface area contributed by atoms with E-state index >= 15 is 0 Å². The smallest absolute Gasteiger partial charge is 0.331 e. The summed E-state index contributed by atoms with van der Waals surface area (Å²) in [6.07, 6.45) is 22.2. The van der Waals surface area contributed by atoms with Crippen LogP contribution in [0, 0.1) is 53.3 Å². The lowest BCUT2D eigenvalue weighted by atomic mass is 10.1. The zero-order chi connectivity index (χ0) is 103. The third-order valence-corrected chi connectivity index (χ3v) is 22.8. The van der Waals surface area contributed by atoms with Gasteiger partial charge in [0.1, 0.15) is 30.3 Å². The fraction of sp³-hybridized carbons (Fsp3) is 0.400. The molecule has 30 heteroatoms. The number of rotatable bonds is 40. The van der Waals surface area contributed by atoms with Gasteiger partial charge in [-0.3, -0.25) is 29.6 Å². The Morgan fingerprint density at radius 2 is 0.717 bits per heavy atom. The highest BCUT2D eigenvalue weighted by molar-refractivity contribution is 5.89. The molecule has 0 spiro atoms. The predicted molar refractivity (Wildman–Crippen MR) is 564 cm³/mol. The number of furan rings is 1. The molecular formula is C115H139N11O19. The van der Waals surface area contributed by atoms with Gasteiger partial charge in [0.15, 0.2) is 5.76 Å². The topological polar surface area (TPSA) is 344 Å². The molecule has 8 aromatic rings. The lowest BCUT2D eigenvalue weighted by Gasteiger charge is -2.36. The Morgan fingerprint density at radius 3 is 1.08 bits per heavy atom. The number of nitrogens with one attached hydrogen (secondary N) is 4. The number of nitrogens with zero attached hydrogens (tertiary/aromatic N) is 7. The van der Waals surface area contributed by atoms with Gasteiger partial charge in [-0.1, -0.05) is 105 Å². The molecule has 6 aromatic carbocycles. The maximum atomic E-state index is 12.6. The van der Waals surface area contributed by atoms with Gasteiger partial charge < -0.3 is 82.3 Å². The number of carbonyl (C=O) groups excluding carboxylic acids is 8. The molecule has 6 heterocycles. The van der Waals surface area contributed by atoms with Crippen molar-refractivity contribution in [2.75, 3.05) is 198 Å². The van der Waals surface area contributed by atoms with Crippen LogP contribution in [0.5, 0.6) is 0 Å². The van der Waals surface area contributed by atoms with Crippen molar-refractivity contribution in [2.24, 2.45) is 5.92 Å². The summed E-state index contributed by atoms with van der Waals surface area (Å²) in [6, 6.07) is 55.5. The number of benzene rings is 6. The van der Waals surface area contributed by atoms with Gasteiger partial charge in [0, 0.05) is 231 Å². The highest BCUT2D eigenvalue weighted by atomic mass is 16.6. The van der Waals surface area contributed by atoms with Crippen LogP contribution in [0.15, 0.2) is 205 Å². The predicted octanol–water partition coefficient (Wildman–Crippen LogP) is 14.1. The van der Waals surface area contributed by atoms with Crippen LogP contribution in [-0.2, 0) is 76.3 Å². The Morgan fingerprint density at radius 1 is 0.379 bits per heavy atom. The van der Waals surface area contributed by atoms with Gasteiger partial charge in [-0.05, 0) is 245 Å². The van der Waals surface area contributed by atoms with E-state index in [2.05, 4.69) is 131 Å². The van der Waals surface area contributed by atoms with Crippen LogP contribution in [0.25, 0.3) is 24.3 Å². The molecule has 4 aliphatic rings. The summed E-state index contributed by atoms with van der Waals surface area (Å²) in [4.78, 5) is 112. The van der Waals surface area contributed by atoms with E-state index in [1.54, 1.807) is 67.8 Å². The van der Waals surface area contributed by atoms with Crippen molar-refractivity contribution in [1.82, 2.24) is 36.4 Å². The minimum absolute atomic E-state index is 0.180. The van der Waals surface area contributed by atoms with E-state index in [-0.39, 0.29) is 42.8 Å². The number of hydrogen-bond acceptors (Lipinski definition) is 26. The molecule has 145 heavy (non-hydrogen) atoms. The molecule has 0 aliphatic carbocycles. The van der Waals surface area contributed by atoms with E-state index in [9.17, 15) is 38.4 Å². The number of hydroxylamine groups is 2. The second-order valence-electron chi connectivity index (χ2n) is 35.7. The zero-order valence-corrected chi connectivity index (χ0v) is 84.6. The van der Waals surface area contributed by atoms with Crippen LogP contribution in [0.2, 0.25) is 0 Å². The summed E-state index contributed by atoms with van der Waals surface area (Å²) in [6.45, 7) is 27.1. The van der Waals surface area contributed by atoms with E-state index in [0.717, 1.165) is 179 Å². The molecule has 30 nitrogen and oxygen atoms in total. The summed E-state index contributed by atoms with van der Waals surface area (Å²) in [5.74, 6) is 24.5. The van der Waals surface area contributed by atoms with Crippen molar-refractivity contribution < 1.29 is 91.1 Å². The van der Waals surface area contributed by atoms with Gasteiger partial charge in [0.25, 0.3) is 0 Å². The van der Waals surface area contributed by atoms with E-state index in [1.807, 2.05) is 154 Å². The number of unbranched alkanes of at least 4 members (excludes halogenated alkanes) is 6. The van der Waals surface area contributed by atoms with Crippen LogP contribution < -0.4 is 41.2 Å². The quantitative estimate of drug-likeness (QED) is 0.00395. The second-order valence-corrected chi connectivity index (χ2v) is 35.7. The molecule has 0 unspecified atom stereocenters. The molecule has 768 valence electrons. The number of hydrogen-bond donors (Lipinski definition) is 6. The summed E-state index contributed by atoms with van der Waals surface area (Å²) < 4.78 is 46.5. The number of piperazine rings is 4. The highest BCUT2D eigenvalue weighted by Gasteiger charge is 2.24. The molecule has 12 rings (SSSR count). The number of esters is 4. The first-order chi connectivity index (χ1) is 70.4. The zero-order valence-electron chi connectivity index (χ0n) is 84.6. The average Bonchev–Trinajstić information content (AvgIpc) is 1.11. The number of amides is 4. The average molecular weight is 1980 g/mol. The number of aromatic nitrogens is 1. The van der Waals surface area contributed by atoms with Gasteiger partial charge in [-0.25, -0.2) is 35.1 Å². The van der Waals surface area contributed by atoms with Crippen molar-refractivity contribution >= 4 is 94.6 Å². The number of carbonyl (C=O) groups is 8. The molecule has 4 aliphatic heterocycles. The number of methoxy groups -OCH3 is 2. The first-order valence-electron chi connectivity index (χ1n) is 49.6. The molecule has 6 N–H and O–H groups in total. The molecule has 0 bridgehead atoms. The minimum atomic E-state index is -0.546. The molecular weight excluding hydrogens is 1840 g/mol. The normalized spacial score (nSPS) is 13.5. The standard InChI is InChI=1S/C34H43N3O7.C31H39N3O6.C26H30N2O4.C24H27N3O2/c1-42-24-25-43-26-27-44-34(40)19-16-29-11-8-28(9-12-29)10-13-30-14-17-31(18-15-30)36-20-22-37(23-21-36)33(39)7-5-3-2-4-6-32(38)35-41;1-31(2,3)40-30(37)19-18-27-17-16-26(39-27)15-12-24-10-13-25(14-11-24)33-20-22-34(23-21-33)29(36)9-7-5-4-6-8-28(35)32-38;1-30-18-19-31-20-21-32-26(29)13-10-23-5-2-22(3-6-23)4-7-24-8-11-25(12-9-24)28-16-14-27-15-17-28;1-19(2)18-29-24(28)12-7-21-4-9-22(26-17-21)8-3-20-5-10-23(11-6-20)27-15-13-25-14-16-27/h8-9,11-12,14-19,41H,2-7,20-27H2,1H3,(H,35,38);10-11,13-14,16-19,38H,4-9,20-23H2,1-3H3,(H,32,35);2-3,5-6,8-13,27H,14-21H2,1H3;4-7,9-12,17,19,25H,13-16,18H2,1-2H3/b19-16+;19-18+;13-10+;12-7+. The Labute approximate surface area is 853 Å². The molecule has 4 amide bonds. The van der Waals surface area contributed by atoms with Gasteiger partial charge in [0.05, 0.1) is 46.2 Å². The monoisotopic (exact) mass is 1980 g/mol. The number of pyridine rings is 1. The van der Waals surface area contributed by atoms with Gasteiger partial charge in [-0.15, -0.1) is 0 Å². The highest BCUT2D eigenvalue weighted by Crippen LogP contribution is 2.24. The Balaban J connectivity index is 0.000000218. The van der Waals surface area contributed by atoms with Gasteiger partial charge in [0.2, 0.25) is 23.6 Å². The van der Waals surface area contributed by atoms with E-state index in [0.29, 0.717) is 134 Å². The maximum Gasteiger partial charge on any atom is 0.331 e. The van der Waals surface area contributed by atoms with Crippen LogP contribution in [-0.4, -0.2) is 257 Å². The summed E-state index contributed by atoms with van der Waals surface area (Å²) in [7, 11) is 3.21. The molecule has 4 fully saturated rings. The van der Waals surface area contributed by atoms with Crippen molar-refractivity contribution in [3.63, 3.8) is 0 Å². The molecule has 0 saturated carbocycles. The number of ether oxygens (including phenoxy) is 8. The third-order valence-electron chi connectivity index (χ3n) is 22.8. The van der Waals surface area contributed by atoms with Crippen molar-refractivity contribution in [2.45, 2.75) is 117 Å². The Kier molecular flexibility index (Phi) is 51.7. The Bertz CT molecular complexity index is 5690. The van der Waals surface area contributed by atoms with Crippen LogP contribution in [0.4, 0.5) is 22.7 Å². The molecule has 2 aromatic heterocycles. The van der Waals surface area contributed by atoms with Crippen molar-refractivity contribution in [1.29, 1.82) is 0 Å². The fourth-order valence-corrected chi connectivity index (χ4v) is 14.8. The second kappa shape index (κ2) is 65.7. The van der Waals surface area contributed by atoms with E-state index < -0.39 is 23.5 Å². The van der Waals surface area contributed by atoms with E-state index in [1.165, 1.54) is 35.7 Å². The van der Waals surface area contributed by atoms with Crippen LogP contribution >= 0.6 is 0 Å². The Hall–Kier alpha value is -14.4. The third kappa shape index (κ3) is 46.7. The van der Waals surface area contributed by atoms with E-state index in [4.69, 9.17) is 52.7 Å². The SMILES string of the molecule is CC(C)(C)OC(=O)/C=C/c1ccc(C#Cc2ccc(N3CCN(C(=O)CCCCCCC(=O)NO)CC3)cc2)o1.CC(C)COC(=O)/C=C/c1ccc(C#Cc2ccc(N3CCNCC3)cc2)nc1.COCCOCCOC(=O)/C=C/c1ccc(C#Cc2ccc(N3CCN(C(=O)CCCCCCC(=O)NO)CC3)cc2)cc1.COCCOCCOC(=O)/C=C/c1ccc(C#Cc2ccc(N3CCNCC3)cc2)cc1. The molecule has 4 saturated heterocycles. The molecule has 0 atom stereocenters. The van der Waals surface area contributed by atoms with Gasteiger partial charge in [-0.2, -0.15) is 0 Å². The first-order valence-corrected chi connectivity index (χ1v) is 49.6.